The monoisotopic (exact) mass is 493 g/mol. The molecule has 4 heterocycles. The van der Waals surface area contributed by atoms with Gasteiger partial charge in [-0.3, -0.25) is 9.78 Å². The average molecular weight is 494 g/mol. The van der Waals surface area contributed by atoms with Gasteiger partial charge in [-0.15, -0.1) is 0 Å². The van der Waals surface area contributed by atoms with Gasteiger partial charge < -0.3 is 10.2 Å². The van der Waals surface area contributed by atoms with Crippen LogP contribution in [0.3, 0.4) is 0 Å². The summed E-state index contributed by atoms with van der Waals surface area (Å²) < 4.78 is 1.17. The van der Waals surface area contributed by atoms with Crippen LogP contribution in [0, 0.1) is 6.92 Å². The van der Waals surface area contributed by atoms with E-state index in [1.807, 2.05) is 0 Å². The maximum atomic E-state index is 13.2. The van der Waals surface area contributed by atoms with E-state index in [9.17, 15) is 4.79 Å². The minimum Gasteiger partial charge on any atom is -0.324 e. The van der Waals surface area contributed by atoms with E-state index in [4.69, 9.17) is 23.2 Å². The molecule has 8 nitrogen and oxygen atoms in total. The van der Waals surface area contributed by atoms with Crippen molar-refractivity contribution in [2.24, 2.45) is 0 Å². The third-order valence-electron chi connectivity index (χ3n) is 6.64. The lowest BCUT2D eigenvalue weighted by Gasteiger charge is -2.32. The Labute approximate surface area is 205 Å². The highest BCUT2D eigenvalue weighted by atomic mass is 35.5. The maximum Gasteiger partial charge on any atom is 0.282 e. The molecule has 0 bridgehead atoms. The van der Waals surface area contributed by atoms with Crippen LogP contribution in [0.15, 0.2) is 41.6 Å². The van der Waals surface area contributed by atoms with Gasteiger partial charge in [-0.1, -0.05) is 29.3 Å². The molecule has 6 rings (SSSR count). The van der Waals surface area contributed by atoms with E-state index in [-0.39, 0.29) is 15.7 Å². The first-order valence-electron chi connectivity index (χ1n) is 11.0. The fourth-order valence-electron chi connectivity index (χ4n) is 4.97. The first-order valence-corrected chi connectivity index (χ1v) is 11.8. The van der Waals surface area contributed by atoms with Crippen molar-refractivity contribution >= 4 is 45.7 Å². The highest BCUT2D eigenvalue weighted by molar-refractivity contribution is 6.37. The standard InChI is InChI=1S/C24H21Cl2N7O/c1-13-20-16(22(34)33(31-13)21-18(25)9-27-10-19(21)26)8-28-23(30-20)29-15-3-4-17-14(7-15)11-32(2)12-24(17)5-6-24/h3-4,7-10H,5-6,11-12H2,1-2H3,(H,28,29,30). The lowest BCUT2D eigenvalue weighted by molar-refractivity contribution is 0.271. The number of nitrogens with zero attached hydrogens (tertiary/aromatic N) is 6. The Morgan fingerprint density at radius 3 is 2.62 bits per heavy atom. The number of pyridine rings is 1. The molecule has 0 amide bonds. The van der Waals surface area contributed by atoms with Crippen LogP contribution in [0.25, 0.3) is 16.6 Å². The van der Waals surface area contributed by atoms with Gasteiger partial charge in [-0.2, -0.15) is 9.78 Å². The van der Waals surface area contributed by atoms with Crippen molar-refractivity contribution in [2.75, 3.05) is 18.9 Å². The second kappa shape index (κ2) is 7.73. The third kappa shape index (κ3) is 3.45. The molecular weight excluding hydrogens is 473 g/mol. The zero-order valence-electron chi connectivity index (χ0n) is 18.6. The summed E-state index contributed by atoms with van der Waals surface area (Å²) in [6, 6.07) is 6.48. The van der Waals surface area contributed by atoms with Crippen molar-refractivity contribution in [3.63, 3.8) is 0 Å². The van der Waals surface area contributed by atoms with Crippen molar-refractivity contribution in [1.29, 1.82) is 0 Å². The first-order chi connectivity index (χ1) is 16.3. The van der Waals surface area contributed by atoms with Crippen LogP contribution >= 0.6 is 23.2 Å². The van der Waals surface area contributed by atoms with Crippen molar-refractivity contribution < 1.29 is 0 Å². The fraction of sp³-hybridized carbons (Fsp3) is 0.292. The third-order valence-corrected chi connectivity index (χ3v) is 7.20. The molecule has 4 aromatic rings. The Balaban J connectivity index is 1.37. The summed E-state index contributed by atoms with van der Waals surface area (Å²) in [4.78, 5) is 28.5. The van der Waals surface area contributed by atoms with Crippen molar-refractivity contribution in [3.8, 4) is 5.69 Å². The molecule has 0 saturated heterocycles. The SMILES string of the molecule is Cc1nn(-c2c(Cl)cncc2Cl)c(=O)c2cnc(Nc3ccc4c(c3)CN(C)CC43CC3)nc12. The molecule has 0 radical (unpaired) electrons. The number of benzene rings is 1. The van der Waals surface area contributed by atoms with E-state index >= 15 is 0 Å². The van der Waals surface area contributed by atoms with E-state index < -0.39 is 5.56 Å². The molecule has 1 saturated carbocycles. The minimum atomic E-state index is -0.409. The zero-order chi connectivity index (χ0) is 23.6. The summed E-state index contributed by atoms with van der Waals surface area (Å²) in [5.41, 5.74) is 4.94. The molecule has 3 aromatic heterocycles. The van der Waals surface area contributed by atoms with E-state index in [1.165, 1.54) is 47.2 Å². The summed E-state index contributed by atoms with van der Waals surface area (Å²) in [5.74, 6) is 0.403. The molecule has 172 valence electrons. The zero-order valence-corrected chi connectivity index (χ0v) is 20.2. The van der Waals surface area contributed by atoms with E-state index in [2.05, 4.69) is 55.5 Å². The van der Waals surface area contributed by atoms with Gasteiger partial charge in [-0.25, -0.2) is 9.97 Å². The molecule has 1 N–H and O–H groups in total. The Hall–Kier alpha value is -3.07. The normalized spacial score (nSPS) is 16.6. The molecule has 1 aliphatic heterocycles. The largest absolute Gasteiger partial charge is 0.324 e. The van der Waals surface area contributed by atoms with Gasteiger partial charge in [0.05, 0.1) is 21.1 Å². The number of aromatic nitrogens is 5. The molecular formula is C24H21Cl2N7O. The predicted octanol–water partition coefficient (Wildman–Crippen LogP) is 4.41. The van der Waals surface area contributed by atoms with Crippen LogP contribution in [-0.4, -0.2) is 43.2 Å². The van der Waals surface area contributed by atoms with Crippen LogP contribution < -0.4 is 10.9 Å². The molecule has 0 unspecified atom stereocenters. The lowest BCUT2D eigenvalue weighted by Crippen LogP contribution is -2.35. The smallest absolute Gasteiger partial charge is 0.282 e. The number of fused-ring (bicyclic) bond motifs is 3. The molecule has 1 fully saturated rings. The quantitative estimate of drug-likeness (QED) is 0.452. The minimum absolute atomic E-state index is 0.228. The number of hydrogen-bond acceptors (Lipinski definition) is 7. The lowest BCUT2D eigenvalue weighted by atomic mass is 9.87. The van der Waals surface area contributed by atoms with Crippen LogP contribution in [0.1, 0.15) is 29.7 Å². The van der Waals surface area contributed by atoms with Gasteiger partial charge in [0.1, 0.15) is 11.2 Å². The molecule has 1 aromatic carbocycles. The summed E-state index contributed by atoms with van der Waals surface area (Å²) in [7, 11) is 2.17. The Morgan fingerprint density at radius 2 is 1.88 bits per heavy atom. The number of nitrogens with one attached hydrogen (secondary N) is 1. The van der Waals surface area contributed by atoms with Gasteiger partial charge in [0.25, 0.3) is 5.56 Å². The Bertz CT molecular complexity index is 1510. The second-order valence-electron chi connectivity index (χ2n) is 9.16. The van der Waals surface area contributed by atoms with Gasteiger partial charge in [0.2, 0.25) is 5.95 Å². The highest BCUT2D eigenvalue weighted by Crippen LogP contribution is 2.52. The molecule has 1 spiro atoms. The Morgan fingerprint density at radius 1 is 1.12 bits per heavy atom. The molecule has 1 aliphatic carbocycles. The van der Waals surface area contributed by atoms with Crippen LogP contribution in [0.4, 0.5) is 11.6 Å². The van der Waals surface area contributed by atoms with Gasteiger partial charge in [0, 0.05) is 42.8 Å². The van der Waals surface area contributed by atoms with Crippen LogP contribution in [-0.2, 0) is 12.0 Å². The molecule has 0 atom stereocenters. The van der Waals surface area contributed by atoms with Gasteiger partial charge >= 0.3 is 0 Å². The second-order valence-corrected chi connectivity index (χ2v) is 9.97. The molecule has 10 heteroatoms. The molecule has 2 aliphatic rings. The number of anilines is 2. The van der Waals surface area contributed by atoms with Crippen molar-refractivity contribution in [2.45, 2.75) is 31.7 Å². The number of halogens is 2. The van der Waals surface area contributed by atoms with Crippen molar-refractivity contribution in [3.05, 3.63) is 74.0 Å². The van der Waals surface area contributed by atoms with E-state index in [1.54, 1.807) is 6.92 Å². The van der Waals surface area contributed by atoms with Crippen LogP contribution in [0.2, 0.25) is 10.0 Å². The summed E-state index contributed by atoms with van der Waals surface area (Å²) in [6.07, 6.45) is 6.85. The van der Waals surface area contributed by atoms with Crippen LogP contribution in [0.5, 0.6) is 0 Å². The topological polar surface area (TPSA) is 88.8 Å². The summed E-state index contributed by atoms with van der Waals surface area (Å²) in [5, 5.41) is 8.49. The average Bonchev–Trinajstić information content (AvgIpc) is 3.56. The number of hydrogen-bond donors (Lipinski definition) is 1. The van der Waals surface area contributed by atoms with E-state index in [0.717, 1.165) is 18.8 Å². The fourth-order valence-corrected chi connectivity index (χ4v) is 5.49. The van der Waals surface area contributed by atoms with Crippen molar-refractivity contribution in [1.82, 2.24) is 29.6 Å². The summed E-state index contributed by atoms with van der Waals surface area (Å²) in [6.45, 7) is 3.83. The van der Waals surface area contributed by atoms with Gasteiger partial charge in [-0.05, 0) is 50.1 Å². The first kappa shape index (κ1) is 21.5. The number of aryl methyl sites for hydroxylation is 1. The maximum absolute atomic E-state index is 13.2. The number of rotatable bonds is 3. The van der Waals surface area contributed by atoms with Gasteiger partial charge in [0.15, 0.2) is 0 Å². The summed E-state index contributed by atoms with van der Waals surface area (Å²) >= 11 is 12.5. The predicted molar refractivity (Wildman–Crippen MR) is 132 cm³/mol. The highest BCUT2D eigenvalue weighted by Gasteiger charge is 2.48. The Kier molecular flexibility index (Phi) is 4.88. The van der Waals surface area contributed by atoms with E-state index in [0.29, 0.717) is 28.0 Å². The number of likely N-dealkylation sites (N-methyl/N-ethyl adjacent to an activating group) is 1. The molecule has 34 heavy (non-hydrogen) atoms.